The molecular formula is C20H19N7S2. The molecule has 9 heteroatoms. The van der Waals surface area contributed by atoms with Gasteiger partial charge in [0.25, 0.3) is 0 Å². The number of aryl methyl sites for hydroxylation is 1. The van der Waals surface area contributed by atoms with Crippen molar-refractivity contribution in [3.63, 3.8) is 0 Å². The molecule has 29 heavy (non-hydrogen) atoms. The van der Waals surface area contributed by atoms with E-state index in [0.717, 1.165) is 21.2 Å². The Kier molecular flexibility index (Phi) is 5.68. The number of hydrogen-bond acceptors (Lipinski definition) is 8. The van der Waals surface area contributed by atoms with Crippen LogP contribution in [0.1, 0.15) is 5.56 Å². The highest BCUT2D eigenvalue weighted by Crippen LogP contribution is 2.30. The number of aromatic amines is 1. The molecule has 146 valence electrons. The summed E-state index contributed by atoms with van der Waals surface area (Å²) >= 11 is 3.01. The van der Waals surface area contributed by atoms with Crippen LogP contribution in [0, 0.1) is 6.92 Å². The van der Waals surface area contributed by atoms with Crippen LogP contribution in [0.4, 0.5) is 17.5 Å². The first kappa shape index (κ1) is 19.3. The zero-order valence-corrected chi connectivity index (χ0v) is 17.5. The molecule has 0 unspecified atom stereocenters. The summed E-state index contributed by atoms with van der Waals surface area (Å²) in [6, 6.07) is 17.9. The largest absolute Gasteiger partial charge is 0.384 e. The van der Waals surface area contributed by atoms with Crippen LogP contribution in [0.3, 0.4) is 0 Å². The van der Waals surface area contributed by atoms with E-state index < -0.39 is 0 Å². The maximum Gasteiger partial charge on any atom is 0.246 e. The Morgan fingerprint density at radius 2 is 1.83 bits per heavy atom. The molecule has 0 saturated carbocycles. The Morgan fingerprint density at radius 3 is 2.59 bits per heavy atom. The van der Waals surface area contributed by atoms with E-state index in [1.54, 1.807) is 17.8 Å². The van der Waals surface area contributed by atoms with E-state index in [-0.39, 0.29) is 0 Å². The fraction of sp³-hybridized carbons (Fsp3) is 0.100. The van der Waals surface area contributed by atoms with Crippen LogP contribution in [0.15, 0.2) is 69.7 Å². The SMILES string of the molecule is CSc1nc(N)cc(Sc2ccc(-c3nc(Nc4cccc(C)c4)n[nH]3)cc2)n1. The molecule has 4 rings (SSSR count). The minimum absolute atomic E-state index is 0.471. The highest BCUT2D eigenvalue weighted by Gasteiger charge is 2.08. The third-order valence-corrected chi connectivity index (χ3v) is 5.47. The predicted octanol–water partition coefficient (Wildman–Crippen LogP) is 4.77. The lowest BCUT2D eigenvalue weighted by atomic mass is 10.2. The van der Waals surface area contributed by atoms with Gasteiger partial charge in [-0.3, -0.25) is 5.10 Å². The molecule has 0 amide bonds. The van der Waals surface area contributed by atoms with Gasteiger partial charge in [0, 0.05) is 22.2 Å². The summed E-state index contributed by atoms with van der Waals surface area (Å²) in [6.45, 7) is 2.05. The van der Waals surface area contributed by atoms with Crippen molar-refractivity contribution in [3.8, 4) is 11.4 Å². The van der Waals surface area contributed by atoms with Gasteiger partial charge in [-0.25, -0.2) is 9.97 Å². The summed E-state index contributed by atoms with van der Waals surface area (Å²) < 4.78 is 0. The first-order valence-electron chi connectivity index (χ1n) is 8.82. The number of hydrogen-bond donors (Lipinski definition) is 3. The normalized spacial score (nSPS) is 10.8. The Hall–Kier alpha value is -3.04. The van der Waals surface area contributed by atoms with E-state index in [9.17, 15) is 0 Å². The average molecular weight is 422 g/mol. The van der Waals surface area contributed by atoms with Crippen molar-refractivity contribution >= 4 is 41.0 Å². The van der Waals surface area contributed by atoms with E-state index in [1.807, 2.05) is 61.7 Å². The van der Waals surface area contributed by atoms with Gasteiger partial charge in [0.15, 0.2) is 11.0 Å². The van der Waals surface area contributed by atoms with Gasteiger partial charge in [-0.15, -0.1) is 5.10 Å². The Bertz CT molecular complexity index is 1130. The maximum atomic E-state index is 5.85. The molecule has 4 N–H and O–H groups in total. The summed E-state index contributed by atoms with van der Waals surface area (Å²) in [5.41, 5.74) is 8.93. The highest BCUT2D eigenvalue weighted by molar-refractivity contribution is 7.99. The number of nitrogens with two attached hydrogens (primary N) is 1. The molecule has 0 aliphatic carbocycles. The molecule has 0 fully saturated rings. The zero-order valence-electron chi connectivity index (χ0n) is 15.9. The van der Waals surface area contributed by atoms with Crippen LogP contribution >= 0.6 is 23.5 Å². The third-order valence-electron chi connectivity index (χ3n) is 3.99. The van der Waals surface area contributed by atoms with Crippen molar-refractivity contribution in [2.24, 2.45) is 0 Å². The van der Waals surface area contributed by atoms with Crippen LogP contribution in [0.25, 0.3) is 11.4 Å². The molecule has 0 aliphatic heterocycles. The molecule has 0 bridgehead atoms. The van der Waals surface area contributed by atoms with Crippen molar-refractivity contribution in [2.75, 3.05) is 17.3 Å². The standard InChI is InChI=1S/C20H19N7S2/c1-12-4-3-5-14(10-12)22-19-25-18(26-27-19)13-6-8-15(9-7-13)29-17-11-16(21)23-20(24-17)28-2/h3-11H,1-2H3,(H2,21,23,24)(H2,22,25,26,27). The number of rotatable bonds is 6. The van der Waals surface area contributed by atoms with E-state index in [2.05, 4.69) is 30.5 Å². The Morgan fingerprint density at radius 1 is 1.00 bits per heavy atom. The number of nitrogens with zero attached hydrogens (tertiary/aromatic N) is 4. The van der Waals surface area contributed by atoms with Crippen molar-refractivity contribution in [3.05, 3.63) is 60.2 Å². The molecule has 4 aromatic rings. The fourth-order valence-corrected chi connectivity index (χ4v) is 3.93. The quantitative estimate of drug-likeness (QED) is 0.232. The molecular weight excluding hydrogens is 402 g/mol. The lowest BCUT2D eigenvalue weighted by Crippen LogP contribution is -1.95. The fourth-order valence-electron chi connectivity index (χ4n) is 2.66. The highest BCUT2D eigenvalue weighted by atomic mass is 32.2. The van der Waals surface area contributed by atoms with Crippen LogP contribution in [0.2, 0.25) is 0 Å². The topological polar surface area (TPSA) is 105 Å². The predicted molar refractivity (Wildman–Crippen MR) is 119 cm³/mol. The van der Waals surface area contributed by atoms with Crippen LogP contribution in [-0.2, 0) is 0 Å². The monoisotopic (exact) mass is 421 g/mol. The van der Waals surface area contributed by atoms with Crippen molar-refractivity contribution < 1.29 is 0 Å². The number of nitrogens with one attached hydrogen (secondary N) is 2. The van der Waals surface area contributed by atoms with Gasteiger partial charge in [0.2, 0.25) is 5.95 Å². The van der Waals surface area contributed by atoms with Gasteiger partial charge in [0.1, 0.15) is 10.8 Å². The number of H-pyrrole nitrogens is 1. The second-order valence-electron chi connectivity index (χ2n) is 6.25. The summed E-state index contributed by atoms with van der Waals surface area (Å²) in [4.78, 5) is 14.2. The maximum absolute atomic E-state index is 5.85. The third kappa shape index (κ3) is 4.87. The molecule has 0 radical (unpaired) electrons. The summed E-state index contributed by atoms with van der Waals surface area (Å²) in [5.74, 6) is 1.71. The number of aromatic nitrogens is 5. The van der Waals surface area contributed by atoms with Crippen molar-refractivity contribution in [1.29, 1.82) is 0 Å². The van der Waals surface area contributed by atoms with E-state index in [0.29, 0.717) is 22.7 Å². The second kappa shape index (κ2) is 8.54. The first-order valence-corrected chi connectivity index (χ1v) is 10.9. The molecule has 2 aromatic heterocycles. The molecule has 0 saturated heterocycles. The smallest absolute Gasteiger partial charge is 0.246 e. The zero-order chi connectivity index (χ0) is 20.2. The number of benzene rings is 2. The molecule has 0 spiro atoms. The molecule has 2 heterocycles. The van der Waals surface area contributed by atoms with E-state index >= 15 is 0 Å². The summed E-state index contributed by atoms with van der Waals surface area (Å²) in [5, 5.41) is 11.9. The summed E-state index contributed by atoms with van der Waals surface area (Å²) in [7, 11) is 0. The molecule has 7 nitrogen and oxygen atoms in total. The molecule has 0 aliphatic rings. The van der Waals surface area contributed by atoms with Gasteiger partial charge in [-0.2, -0.15) is 4.98 Å². The summed E-state index contributed by atoms with van der Waals surface area (Å²) in [6.07, 6.45) is 1.93. The van der Waals surface area contributed by atoms with Crippen molar-refractivity contribution in [1.82, 2.24) is 25.1 Å². The van der Waals surface area contributed by atoms with Gasteiger partial charge in [-0.1, -0.05) is 47.8 Å². The number of nitrogen functional groups attached to an aromatic ring is 1. The molecule has 2 aromatic carbocycles. The van der Waals surface area contributed by atoms with E-state index in [1.165, 1.54) is 17.3 Å². The average Bonchev–Trinajstić information content (AvgIpc) is 3.16. The minimum Gasteiger partial charge on any atom is -0.384 e. The lowest BCUT2D eigenvalue weighted by Gasteiger charge is -2.04. The van der Waals surface area contributed by atoms with Crippen LogP contribution in [-0.4, -0.2) is 31.4 Å². The number of anilines is 3. The van der Waals surface area contributed by atoms with Gasteiger partial charge < -0.3 is 11.1 Å². The first-order chi connectivity index (χ1) is 14.1. The molecule has 0 atom stereocenters. The Labute approximate surface area is 177 Å². The van der Waals surface area contributed by atoms with Gasteiger partial charge in [-0.05, 0) is 43.0 Å². The second-order valence-corrected chi connectivity index (χ2v) is 8.11. The lowest BCUT2D eigenvalue weighted by molar-refractivity contribution is 0.902. The minimum atomic E-state index is 0.471. The van der Waals surface area contributed by atoms with Gasteiger partial charge >= 0.3 is 0 Å². The van der Waals surface area contributed by atoms with Crippen LogP contribution in [0.5, 0.6) is 0 Å². The Balaban J connectivity index is 1.47. The number of thioether (sulfide) groups is 1. The van der Waals surface area contributed by atoms with Crippen LogP contribution < -0.4 is 11.1 Å². The van der Waals surface area contributed by atoms with Gasteiger partial charge in [0.05, 0.1) is 0 Å². The van der Waals surface area contributed by atoms with E-state index in [4.69, 9.17) is 5.73 Å². The van der Waals surface area contributed by atoms with Crippen molar-refractivity contribution in [2.45, 2.75) is 22.0 Å².